The van der Waals surface area contributed by atoms with E-state index in [-0.39, 0.29) is 10.8 Å². The van der Waals surface area contributed by atoms with Crippen molar-refractivity contribution in [1.29, 1.82) is 0 Å². The molecule has 0 aliphatic heterocycles. The summed E-state index contributed by atoms with van der Waals surface area (Å²) in [5.41, 5.74) is 3.84. The van der Waals surface area contributed by atoms with Gasteiger partial charge in [-0.3, -0.25) is 0 Å². The van der Waals surface area contributed by atoms with E-state index in [1.54, 1.807) is 11.3 Å². The number of nitrogens with zero attached hydrogens (tertiary/aromatic N) is 1. The molecular formula is C19H28N2OS2. The van der Waals surface area contributed by atoms with Crippen LogP contribution in [0.4, 0.5) is 0 Å². The molecule has 0 spiro atoms. The lowest BCUT2D eigenvalue weighted by atomic mass is 10.0. The van der Waals surface area contributed by atoms with Crippen LogP contribution in [0, 0.1) is 0 Å². The van der Waals surface area contributed by atoms with Crippen molar-refractivity contribution in [2.24, 2.45) is 0 Å². The molecule has 5 heteroatoms. The molecule has 2 aromatic rings. The molecule has 0 fully saturated rings. The fraction of sp³-hybridized carbons (Fsp3) is 0.474. The molecule has 0 radical (unpaired) electrons. The summed E-state index contributed by atoms with van der Waals surface area (Å²) in [6.45, 7) is 8.95. The first-order valence-electron chi connectivity index (χ1n) is 8.18. The maximum absolute atomic E-state index is 12.3. The first kappa shape index (κ1) is 19.5. The number of benzene rings is 1. The number of hydrogen-bond acceptors (Lipinski definition) is 4. The normalized spacial score (nSPS) is 14.8. The Kier molecular flexibility index (Phi) is 6.51. The minimum atomic E-state index is -1.07. The highest BCUT2D eigenvalue weighted by Gasteiger charge is 2.28. The van der Waals surface area contributed by atoms with Gasteiger partial charge in [0, 0.05) is 22.8 Å². The molecule has 132 valence electrons. The van der Waals surface area contributed by atoms with Crippen molar-refractivity contribution >= 4 is 22.7 Å². The monoisotopic (exact) mass is 364 g/mol. The molecule has 24 heavy (non-hydrogen) atoms. The van der Waals surface area contributed by atoms with Gasteiger partial charge in [0.25, 0.3) is 0 Å². The summed E-state index contributed by atoms with van der Waals surface area (Å²) < 4.78 is 15.3. The van der Waals surface area contributed by atoms with Crippen LogP contribution in [0.25, 0.3) is 11.1 Å². The van der Waals surface area contributed by atoms with E-state index in [9.17, 15) is 4.55 Å². The highest BCUT2D eigenvalue weighted by Crippen LogP contribution is 2.32. The van der Waals surface area contributed by atoms with Crippen LogP contribution in [0.15, 0.2) is 35.7 Å². The van der Waals surface area contributed by atoms with Gasteiger partial charge in [-0.15, -0.1) is 16.1 Å². The quantitative estimate of drug-likeness (QED) is 0.762. The zero-order valence-electron chi connectivity index (χ0n) is 15.4. The number of rotatable bonds is 6. The maximum Gasteiger partial charge on any atom is 0.136 e. The molecule has 1 aromatic heterocycles. The first-order chi connectivity index (χ1) is 11.2. The Bertz CT molecular complexity index is 661. The van der Waals surface area contributed by atoms with Crippen molar-refractivity contribution in [3.8, 4) is 11.1 Å². The summed E-state index contributed by atoms with van der Waals surface area (Å²) >= 11 is 0.657. The molecule has 2 unspecified atom stereocenters. The highest BCUT2D eigenvalue weighted by molar-refractivity contribution is 7.90. The van der Waals surface area contributed by atoms with Gasteiger partial charge in [0.1, 0.15) is 4.75 Å². The third-order valence-electron chi connectivity index (χ3n) is 3.70. The van der Waals surface area contributed by atoms with Crippen molar-refractivity contribution < 1.29 is 4.55 Å². The van der Waals surface area contributed by atoms with Crippen LogP contribution in [-0.2, 0) is 17.9 Å². The van der Waals surface area contributed by atoms with Crippen molar-refractivity contribution in [3.63, 3.8) is 0 Å². The summed E-state index contributed by atoms with van der Waals surface area (Å²) in [5.74, 6) is 0. The second-order valence-electron chi connectivity index (χ2n) is 7.35. The van der Waals surface area contributed by atoms with E-state index in [4.69, 9.17) is 0 Å². The fourth-order valence-corrected chi connectivity index (χ4v) is 4.19. The molecule has 2 atom stereocenters. The molecule has 1 aromatic carbocycles. The lowest BCUT2D eigenvalue weighted by molar-refractivity contribution is 0.403. The Balaban J connectivity index is 2.19. The van der Waals surface area contributed by atoms with Crippen LogP contribution in [0.2, 0.25) is 0 Å². The van der Waals surface area contributed by atoms with Crippen LogP contribution in [0.5, 0.6) is 0 Å². The second-order valence-corrected chi connectivity index (χ2v) is 10.3. The van der Waals surface area contributed by atoms with Gasteiger partial charge in [-0.05, 0) is 69.9 Å². The third kappa shape index (κ3) is 5.07. The molecule has 3 nitrogen and oxygen atoms in total. The molecule has 2 rings (SSSR count). The van der Waals surface area contributed by atoms with Gasteiger partial charge in [0.05, 0.1) is 6.04 Å². The van der Waals surface area contributed by atoms with Crippen LogP contribution < -0.4 is 4.72 Å². The highest BCUT2D eigenvalue weighted by atomic mass is 32.2. The summed E-state index contributed by atoms with van der Waals surface area (Å²) in [6.07, 6.45) is 0. The molecule has 1 heterocycles. The van der Waals surface area contributed by atoms with Crippen molar-refractivity contribution in [2.45, 2.75) is 45.0 Å². The molecule has 0 bridgehead atoms. The van der Waals surface area contributed by atoms with E-state index >= 15 is 0 Å². The van der Waals surface area contributed by atoms with Crippen LogP contribution >= 0.6 is 11.3 Å². The Hall–Kier alpha value is -0.850. The van der Waals surface area contributed by atoms with Crippen LogP contribution in [0.3, 0.4) is 0 Å². The number of nitrogens with one attached hydrogen (secondary N) is 1. The smallest absolute Gasteiger partial charge is 0.136 e. The first-order valence-corrected chi connectivity index (χ1v) is 10.2. The van der Waals surface area contributed by atoms with Gasteiger partial charge in [-0.2, -0.15) is 0 Å². The molecule has 0 aliphatic carbocycles. The Morgan fingerprint density at radius 2 is 1.92 bits per heavy atom. The molecule has 1 N–H and O–H groups in total. The van der Waals surface area contributed by atoms with Crippen molar-refractivity contribution in [2.75, 3.05) is 14.1 Å². The lowest BCUT2D eigenvalue weighted by Crippen LogP contribution is -2.40. The van der Waals surface area contributed by atoms with E-state index in [1.807, 2.05) is 20.8 Å². The minimum absolute atomic E-state index is 0.0739. The minimum Gasteiger partial charge on any atom is -0.598 e. The van der Waals surface area contributed by atoms with E-state index in [0.717, 1.165) is 6.54 Å². The number of hydrogen-bond donors (Lipinski definition) is 1. The third-order valence-corrected chi connectivity index (χ3v) is 6.50. The predicted molar refractivity (Wildman–Crippen MR) is 107 cm³/mol. The Morgan fingerprint density at radius 3 is 2.54 bits per heavy atom. The molecule has 0 saturated carbocycles. The molecule has 0 aliphatic rings. The van der Waals surface area contributed by atoms with E-state index in [1.165, 1.54) is 21.6 Å². The SMILES string of the molecule is CC(N[S+]([O-])C(C)(C)C)c1cc(-c2ccccc2CN(C)C)cs1. The van der Waals surface area contributed by atoms with Crippen molar-refractivity contribution in [3.05, 3.63) is 46.2 Å². The van der Waals surface area contributed by atoms with Gasteiger partial charge >= 0.3 is 0 Å². The summed E-state index contributed by atoms with van der Waals surface area (Å²) in [6, 6.07) is 10.8. The summed E-state index contributed by atoms with van der Waals surface area (Å²) in [5, 5.41) is 2.20. The largest absolute Gasteiger partial charge is 0.598 e. The average molecular weight is 365 g/mol. The van der Waals surface area contributed by atoms with Gasteiger partial charge in [-0.25, -0.2) is 0 Å². The van der Waals surface area contributed by atoms with Gasteiger partial charge < -0.3 is 9.45 Å². The zero-order chi connectivity index (χ0) is 17.9. The van der Waals surface area contributed by atoms with Gasteiger partial charge in [0.2, 0.25) is 0 Å². The van der Waals surface area contributed by atoms with Crippen molar-refractivity contribution in [1.82, 2.24) is 9.62 Å². The fourth-order valence-electron chi connectivity index (χ4n) is 2.40. The molecule has 0 amide bonds. The summed E-state index contributed by atoms with van der Waals surface area (Å²) in [4.78, 5) is 3.39. The van der Waals surface area contributed by atoms with Crippen LogP contribution in [-0.4, -0.2) is 28.3 Å². The Labute approximate surface area is 153 Å². The lowest BCUT2D eigenvalue weighted by Gasteiger charge is -2.26. The van der Waals surface area contributed by atoms with E-state index in [0.29, 0.717) is 0 Å². The van der Waals surface area contributed by atoms with E-state index < -0.39 is 11.4 Å². The average Bonchev–Trinajstić information content (AvgIpc) is 2.96. The zero-order valence-corrected chi connectivity index (χ0v) is 17.1. The Morgan fingerprint density at radius 1 is 1.25 bits per heavy atom. The van der Waals surface area contributed by atoms with Crippen LogP contribution in [0.1, 0.15) is 44.2 Å². The van der Waals surface area contributed by atoms with E-state index in [2.05, 4.69) is 66.4 Å². The standard InChI is InChI=1S/C19H28N2OS2/c1-14(20-24(22)19(2,3)4)18-11-16(13-23-18)17-10-8-7-9-15(17)12-21(5)6/h7-11,13-14,20H,12H2,1-6H3. The predicted octanol–water partition coefficient (Wildman–Crippen LogP) is 4.59. The number of thiophene rings is 1. The maximum atomic E-state index is 12.3. The molecule has 0 saturated heterocycles. The van der Waals surface area contributed by atoms with Gasteiger partial charge in [-0.1, -0.05) is 24.3 Å². The molecular weight excluding hydrogens is 336 g/mol. The van der Waals surface area contributed by atoms with Gasteiger partial charge in [0.15, 0.2) is 0 Å². The summed E-state index contributed by atoms with van der Waals surface area (Å²) in [7, 11) is 4.17. The second kappa shape index (κ2) is 8.02. The topological polar surface area (TPSA) is 38.3 Å².